The van der Waals surface area contributed by atoms with E-state index in [9.17, 15) is 8.42 Å². The third kappa shape index (κ3) is 3.71. The molecule has 3 aromatic rings. The van der Waals surface area contributed by atoms with Crippen molar-refractivity contribution in [1.82, 2.24) is 4.98 Å². The summed E-state index contributed by atoms with van der Waals surface area (Å²) in [6, 6.07) is 13.6. The first-order valence-corrected chi connectivity index (χ1v) is 11.6. The van der Waals surface area contributed by atoms with E-state index >= 15 is 0 Å². The molecule has 0 atom stereocenters. The quantitative estimate of drug-likeness (QED) is 0.487. The number of oxazole rings is 1. The Bertz CT molecular complexity index is 1090. The van der Waals surface area contributed by atoms with Crippen LogP contribution < -0.4 is 4.90 Å². The molecule has 1 fully saturated rings. The van der Waals surface area contributed by atoms with Gasteiger partial charge in [0.25, 0.3) is 0 Å². The van der Waals surface area contributed by atoms with E-state index in [0.29, 0.717) is 10.6 Å². The molecule has 0 unspecified atom stereocenters. The van der Waals surface area contributed by atoms with Gasteiger partial charge in [0.2, 0.25) is 26.6 Å². The zero-order valence-electron chi connectivity index (χ0n) is 14.9. The van der Waals surface area contributed by atoms with Gasteiger partial charge in [0, 0.05) is 17.6 Å². The molecule has 0 spiro atoms. The predicted octanol–water partition coefficient (Wildman–Crippen LogP) is 5.58. The van der Waals surface area contributed by atoms with E-state index in [-0.39, 0.29) is 21.7 Å². The van der Waals surface area contributed by atoms with Crippen molar-refractivity contribution in [2.24, 2.45) is 0 Å². The van der Waals surface area contributed by atoms with Crippen molar-refractivity contribution in [2.75, 3.05) is 18.0 Å². The lowest BCUT2D eigenvalue weighted by Crippen LogP contribution is -2.30. The van der Waals surface area contributed by atoms with Crippen molar-refractivity contribution in [3.63, 3.8) is 0 Å². The molecule has 1 saturated heterocycles. The highest BCUT2D eigenvalue weighted by Gasteiger charge is 2.32. The summed E-state index contributed by atoms with van der Waals surface area (Å²) in [7, 11) is -3.85. The number of anilines is 1. The van der Waals surface area contributed by atoms with Crippen LogP contribution in [0.15, 0.2) is 67.3 Å². The molecule has 4 rings (SSSR count). The van der Waals surface area contributed by atoms with Crippen molar-refractivity contribution in [3.8, 4) is 11.5 Å². The van der Waals surface area contributed by atoms with Crippen molar-refractivity contribution in [3.05, 3.63) is 58.0 Å². The molecule has 0 saturated carbocycles. The molecule has 0 aliphatic carbocycles. The molecule has 1 aromatic heterocycles. The fraction of sp³-hybridized carbons (Fsp3) is 0.250. The summed E-state index contributed by atoms with van der Waals surface area (Å²) in [6.07, 6.45) is 3.09. The Morgan fingerprint density at radius 3 is 2.36 bits per heavy atom. The minimum absolute atomic E-state index is 0.0633. The molecule has 28 heavy (non-hydrogen) atoms. The number of sulfone groups is 1. The van der Waals surface area contributed by atoms with Gasteiger partial charge in [0.1, 0.15) is 0 Å². The first kappa shape index (κ1) is 19.5. The standard InChI is InChI=1S/C20H18BrClN2O3S/c21-14-8-10-15(11-9-14)28(25,26)19-20(24-12-4-1-5-13-24)27-18(23-19)16-6-2-3-7-17(16)22/h2-3,6-11H,1,4-5,12-13H2. The highest BCUT2D eigenvalue weighted by Crippen LogP contribution is 2.37. The van der Waals surface area contributed by atoms with Crippen LogP contribution in [0.4, 0.5) is 5.88 Å². The van der Waals surface area contributed by atoms with Gasteiger partial charge in [-0.15, -0.1) is 0 Å². The maximum absolute atomic E-state index is 13.3. The van der Waals surface area contributed by atoms with Gasteiger partial charge in [-0.25, -0.2) is 8.42 Å². The maximum atomic E-state index is 13.3. The van der Waals surface area contributed by atoms with Crippen LogP contribution in [0.2, 0.25) is 5.02 Å². The van der Waals surface area contributed by atoms with Gasteiger partial charge < -0.3 is 9.32 Å². The Morgan fingerprint density at radius 2 is 1.68 bits per heavy atom. The predicted molar refractivity (Wildman–Crippen MR) is 113 cm³/mol. The highest BCUT2D eigenvalue weighted by atomic mass is 79.9. The number of halogens is 2. The van der Waals surface area contributed by atoms with Crippen LogP contribution in [-0.2, 0) is 9.84 Å². The average Bonchev–Trinajstić information content (AvgIpc) is 3.15. The van der Waals surface area contributed by atoms with Gasteiger partial charge >= 0.3 is 0 Å². The number of benzene rings is 2. The van der Waals surface area contributed by atoms with Crippen LogP contribution >= 0.6 is 27.5 Å². The highest BCUT2D eigenvalue weighted by molar-refractivity contribution is 9.10. The topological polar surface area (TPSA) is 63.4 Å². The van der Waals surface area contributed by atoms with Gasteiger partial charge in [-0.3, -0.25) is 0 Å². The van der Waals surface area contributed by atoms with Crippen LogP contribution in [0.1, 0.15) is 19.3 Å². The van der Waals surface area contributed by atoms with Crippen molar-refractivity contribution in [2.45, 2.75) is 29.2 Å². The number of rotatable bonds is 4. The van der Waals surface area contributed by atoms with E-state index in [1.54, 1.807) is 42.5 Å². The van der Waals surface area contributed by atoms with Crippen molar-refractivity contribution < 1.29 is 12.8 Å². The lowest BCUT2D eigenvalue weighted by atomic mass is 10.1. The van der Waals surface area contributed by atoms with E-state index in [1.165, 1.54) is 0 Å². The van der Waals surface area contributed by atoms with E-state index in [0.717, 1.165) is 36.8 Å². The van der Waals surface area contributed by atoms with Crippen LogP contribution in [-0.4, -0.2) is 26.5 Å². The zero-order chi connectivity index (χ0) is 19.7. The van der Waals surface area contributed by atoms with E-state index in [4.69, 9.17) is 16.0 Å². The molecule has 0 radical (unpaired) electrons. The first-order valence-electron chi connectivity index (χ1n) is 8.98. The van der Waals surface area contributed by atoms with Gasteiger partial charge in [0.05, 0.1) is 15.5 Å². The second kappa shape index (κ2) is 7.89. The molecular weight excluding hydrogens is 464 g/mol. The summed E-state index contributed by atoms with van der Waals surface area (Å²) in [5.74, 6) is 0.499. The van der Waals surface area contributed by atoms with E-state index in [2.05, 4.69) is 20.9 Å². The number of hydrogen-bond acceptors (Lipinski definition) is 5. The monoisotopic (exact) mass is 480 g/mol. The molecule has 2 aromatic carbocycles. The molecule has 146 valence electrons. The fourth-order valence-electron chi connectivity index (χ4n) is 3.25. The van der Waals surface area contributed by atoms with Crippen LogP contribution in [0, 0.1) is 0 Å². The third-order valence-corrected chi connectivity index (χ3v) is 7.23. The number of hydrogen-bond donors (Lipinski definition) is 0. The molecule has 5 nitrogen and oxygen atoms in total. The normalized spacial score (nSPS) is 15.0. The molecule has 0 bridgehead atoms. The molecular formula is C20H18BrClN2O3S. The minimum atomic E-state index is -3.85. The Labute approximate surface area is 177 Å². The lowest BCUT2D eigenvalue weighted by Gasteiger charge is -2.26. The lowest BCUT2D eigenvalue weighted by molar-refractivity contribution is 0.499. The van der Waals surface area contributed by atoms with Gasteiger partial charge in [-0.05, 0) is 55.7 Å². The molecule has 8 heteroatoms. The summed E-state index contributed by atoms with van der Waals surface area (Å²) in [6.45, 7) is 1.47. The van der Waals surface area contributed by atoms with Gasteiger partial charge in [-0.1, -0.05) is 39.7 Å². The van der Waals surface area contributed by atoms with Crippen LogP contribution in [0.3, 0.4) is 0 Å². The summed E-state index contributed by atoms with van der Waals surface area (Å²) >= 11 is 9.62. The number of aromatic nitrogens is 1. The molecule has 0 N–H and O–H groups in total. The molecule has 1 aliphatic rings. The Morgan fingerprint density at radius 1 is 1.00 bits per heavy atom. The Kier molecular flexibility index (Phi) is 5.49. The first-order chi connectivity index (χ1) is 13.5. The smallest absolute Gasteiger partial charge is 0.236 e. The number of piperidine rings is 1. The SMILES string of the molecule is O=S(=O)(c1ccc(Br)cc1)c1nc(-c2ccccc2Cl)oc1N1CCCCC1. The second-order valence-corrected chi connectivity index (χ2v) is 9.80. The second-order valence-electron chi connectivity index (χ2n) is 6.61. The molecule has 0 amide bonds. The van der Waals surface area contributed by atoms with Crippen LogP contribution in [0.5, 0.6) is 0 Å². The number of nitrogens with zero attached hydrogens (tertiary/aromatic N) is 2. The van der Waals surface area contributed by atoms with Crippen LogP contribution in [0.25, 0.3) is 11.5 Å². The molecule has 1 aliphatic heterocycles. The van der Waals surface area contributed by atoms with Crippen molar-refractivity contribution >= 4 is 43.3 Å². The maximum Gasteiger partial charge on any atom is 0.236 e. The largest absolute Gasteiger partial charge is 0.419 e. The molecule has 2 heterocycles. The fourth-order valence-corrected chi connectivity index (χ4v) is 5.05. The van der Waals surface area contributed by atoms with E-state index in [1.807, 2.05) is 11.0 Å². The summed E-state index contributed by atoms with van der Waals surface area (Å²) < 4.78 is 33.5. The Hall–Kier alpha value is -1.83. The van der Waals surface area contributed by atoms with E-state index < -0.39 is 9.84 Å². The average molecular weight is 482 g/mol. The third-order valence-electron chi connectivity index (χ3n) is 4.71. The summed E-state index contributed by atoms with van der Waals surface area (Å²) in [5.41, 5.74) is 0.569. The Balaban J connectivity index is 1.87. The minimum Gasteiger partial charge on any atom is -0.419 e. The van der Waals surface area contributed by atoms with Gasteiger partial charge in [-0.2, -0.15) is 4.98 Å². The summed E-state index contributed by atoms with van der Waals surface area (Å²) in [4.78, 5) is 6.53. The van der Waals surface area contributed by atoms with Crippen molar-refractivity contribution in [1.29, 1.82) is 0 Å². The van der Waals surface area contributed by atoms with Gasteiger partial charge in [0.15, 0.2) is 0 Å². The summed E-state index contributed by atoms with van der Waals surface area (Å²) in [5, 5.41) is 0.396. The zero-order valence-corrected chi connectivity index (χ0v) is 18.1.